The molecule has 0 aliphatic carbocycles. The highest BCUT2D eigenvalue weighted by Gasteiger charge is 2.42. The molecule has 3 heterocycles. The summed E-state index contributed by atoms with van der Waals surface area (Å²) in [6.45, 7) is 2.02. The fourth-order valence-corrected chi connectivity index (χ4v) is 4.15. The first-order chi connectivity index (χ1) is 15.5. The topological polar surface area (TPSA) is 103 Å². The van der Waals surface area contributed by atoms with Gasteiger partial charge >= 0.3 is 5.97 Å². The zero-order chi connectivity index (χ0) is 22.7. The summed E-state index contributed by atoms with van der Waals surface area (Å²) in [5.74, 6) is -0.378. The van der Waals surface area contributed by atoms with E-state index in [4.69, 9.17) is 17.0 Å². The first kappa shape index (κ1) is 21.4. The largest absolute Gasteiger partial charge is 0.465 e. The smallest absolute Gasteiger partial charge is 0.325 e. The molecule has 4 rings (SSSR count). The van der Waals surface area contributed by atoms with Crippen LogP contribution in [-0.2, 0) is 9.53 Å². The Kier molecular flexibility index (Phi) is 6.13. The number of aromatic nitrogens is 2. The van der Waals surface area contributed by atoms with Crippen LogP contribution >= 0.6 is 12.2 Å². The van der Waals surface area contributed by atoms with E-state index in [2.05, 4.69) is 10.3 Å². The molecular formula is C22H21N5O4S. The van der Waals surface area contributed by atoms with Crippen LogP contribution in [0.15, 0.2) is 67.0 Å². The third kappa shape index (κ3) is 4.17. The molecule has 0 unspecified atom stereocenters. The highest BCUT2D eigenvalue weighted by molar-refractivity contribution is 7.80. The lowest BCUT2D eigenvalue weighted by Gasteiger charge is -2.28. The van der Waals surface area contributed by atoms with Gasteiger partial charge in [0, 0.05) is 35.9 Å². The Morgan fingerprint density at radius 1 is 1.22 bits per heavy atom. The zero-order valence-corrected chi connectivity index (χ0v) is 18.1. The van der Waals surface area contributed by atoms with Crippen molar-refractivity contribution in [1.29, 1.82) is 0 Å². The minimum atomic E-state index is -0.433. The molecule has 1 aliphatic rings. The number of pyridine rings is 1. The van der Waals surface area contributed by atoms with Crippen molar-refractivity contribution in [3.05, 3.63) is 88.5 Å². The molecule has 0 bridgehead atoms. The second kappa shape index (κ2) is 9.15. The van der Waals surface area contributed by atoms with Crippen molar-refractivity contribution in [3.8, 4) is 5.69 Å². The molecule has 0 radical (unpaired) electrons. The van der Waals surface area contributed by atoms with Crippen molar-refractivity contribution in [1.82, 2.24) is 19.8 Å². The number of nitro benzene ring substituents is 1. The van der Waals surface area contributed by atoms with Gasteiger partial charge in [-0.05, 0) is 55.5 Å². The van der Waals surface area contributed by atoms with Crippen LogP contribution in [0.1, 0.15) is 30.4 Å². The number of rotatable bonds is 7. The normalized spacial score (nSPS) is 17.8. The van der Waals surface area contributed by atoms with Crippen LogP contribution in [0, 0.1) is 10.1 Å². The van der Waals surface area contributed by atoms with Gasteiger partial charge < -0.3 is 19.5 Å². The Morgan fingerprint density at radius 3 is 2.66 bits per heavy atom. The van der Waals surface area contributed by atoms with Gasteiger partial charge in [0.1, 0.15) is 6.54 Å². The predicted octanol–water partition coefficient (Wildman–Crippen LogP) is 3.32. The molecule has 2 atom stereocenters. The number of benzene rings is 1. The van der Waals surface area contributed by atoms with Crippen LogP contribution in [0.2, 0.25) is 0 Å². The average molecular weight is 452 g/mol. The van der Waals surface area contributed by atoms with Crippen molar-refractivity contribution < 1.29 is 14.5 Å². The Hall–Kier alpha value is -3.79. The molecule has 9 nitrogen and oxygen atoms in total. The number of carbonyl (C=O) groups excluding carboxylic acids is 1. The van der Waals surface area contributed by atoms with E-state index < -0.39 is 4.92 Å². The second-order valence-electron chi connectivity index (χ2n) is 7.14. The third-order valence-electron chi connectivity index (χ3n) is 5.22. The van der Waals surface area contributed by atoms with Gasteiger partial charge in [0.15, 0.2) is 5.11 Å². The number of thiocarbonyl (C=S) groups is 1. The van der Waals surface area contributed by atoms with Gasteiger partial charge in [-0.2, -0.15) is 0 Å². The molecule has 32 heavy (non-hydrogen) atoms. The summed E-state index contributed by atoms with van der Waals surface area (Å²) in [7, 11) is 0. The van der Waals surface area contributed by atoms with E-state index in [1.165, 1.54) is 12.1 Å². The summed E-state index contributed by atoms with van der Waals surface area (Å²) in [5, 5.41) is 14.7. The summed E-state index contributed by atoms with van der Waals surface area (Å²) in [4.78, 5) is 29.2. The first-order valence-electron chi connectivity index (χ1n) is 10.1. The summed E-state index contributed by atoms with van der Waals surface area (Å²) in [5.41, 5.74) is 2.40. The molecule has 1 saturated heterocycles. The van der Waals surface area contributed by atoms with Gasteiger partial charge in [-0.25, -0.2) is 0 Å². The summed E-state index contributed by atoms with van der Waals surface area (Å²) < 4.78 is 7.08. The van der Waals surface area contributed by atoms with E-state index in [1.54, 1.807) is 30.2 Å². The molecule has 1 fully saturated rings. The number of nitrogens with zero attached hydrogens (tertiary/aromatic N) is 4. The summed E-state index contributed by atoms with van der Waals surface area (Å²) in [6, 6.07) is 15.1. The number of esters is 1. The molecule has 10 heteroatoms. The summed E-state index contributed by atoms with van der Waals surface area (Å²) in [6.07, 6.45) is 3.58. The van der Waals surface area contributed by atoms with Crippen LogP contribution in [0.25, 0.3) is 5.69 Å². The van der Waals surface area contributed by atoms with Crippen LogP contribution in [0.4, 0.5) is 5.69 Å². The van der Waals surface area contributed by atoms with E-state index in [1.807, 2.05) is 41.1 Å². The SMILES string of the molecule is CCOC(=O)CN1C(=S)N[C@H](c2ccccn2)[C@H]1c1cccn1-c1ccc([N+](=O)[O-])cc1. The maximum Gasteiger partial charge on any atom is 0.325 e. The van der Waals surface area contributed by atoms with Gasteiger partial charge in [-0.1, -0.05) is 6.07 Å². The number of hydrogen-bond donors (Lipinski definition) is 1. The zero-order valence-electron chi connectivity index (χ0n) is 17.2. The lowest BCUT2D eigenvalue weighted by Crippen LogP contribution is -2.36. The molecule has 1 N–H and O–H groups in total. The number of ether oxygens (including phenoxy) is 1. The van der Waals surface area contributed by atoms with Gasteiger partial charge in [-0.3, -0.25) is 19.9 Å². The van der Waals surface area contributed by atoms with Gasteiger partial charge in [0.2, 0.25) is 0 Å². The lowest BCUT2D eigenvalue weighted by molar-refractivity contribution is -0.384. The van der Waals surface area contributed by atoms with Gasteiger partial charge in [0.25, 0.3) is 5.69 Å². The first-order valence-corrected chi connectivity index (χ1v) is 10.5. The number of nitro groups is 1. The van der Waals surface area contributed by atoms with E-state index in [0.717, 1.165) is 17.1 Å². The standard InChI is InChI=1S/C22H21N5O4S/c1-2-31-19(28)14-26-21(20(24-22(26)32)17-6-3-4-12-23-17)18-7-5-13-25(18)15-8-10-16(11-9-15)27(29)30/h3-13,20-21H,2,14H2,1H3,(H,24,32)/t20-,21-/m1/s1. The van der Waals surface area contributed by atoms with Crippen molar-refractivity contribution >= 4 is 29.0 Å². The van der Waals surface area contributed by atoms with Crippen molar-refractivity contribution in [2.45, 2.75) is 19.0 Å². The molecular weight excluding hydrogens is 430 g/mol. The Bertz CT molecular complexity index is 1130. The van der Waals surface area contributed by atoms with Crippen molar-refractivity contribution in [2.24, 2.45) is 0 Å². The average Bonchev–Trinajstić information content (AvgIpc) is 3.39. The number of carbonyl (C=O) groups is 1. The molecule has 164 valence electrons. The number of non-ortho nitro benzene ring substituents is 1. The molecule has 1 aromatic carbocycles. The van der Waals surface area contributed by atoms with Crippen molar-refractivity contribution in [3.63, 3.8) is 0 Å². The predicted molar refractivity (Wildman–Crippen MR) is 121 cm³/mol. The molecule has 1 aliphatic heterocycles. The minimum Gasteiger partial charge on any atom is -0.465 e. The van der Waals surface area contributed by atoms with E-state index in [-0.39, 0.29) is 36.9 Å². The molecule has 2 aromatic heterocycles. The Labute approximate surface area is 189 Å². The lowest BCUT2D eigenvalue weighted by atomic mass is 10.0. The fraction of sp³-hybridized carbons (Fsp3) is 0.227. The van der Waals surface area contributed by atoms with Crippen LogP contribution in [0.3, 0.4) is 0 Å². The number of hydrogen-bond acceptors (Lipinski definition) is 6. The molecule has 3 aromatic rings. The second-order valence-corrected chi connectivity index (χ2v) is 7.52. The highest BCUT2D eigenvalue weighted by Crippen LogP contribution is 2.39. The van der Waals surface area contributed by atoms with E-state index in [0.29, 0.717) is 5.11 Å². The van der Waals surface area contributed by atoms with Gasteiger partial charge in [-0.15, -0.1) is 0 Å². The number of nitrogens with one attached hydrogen (secondary N) is 1. The third-order valence-corrected chi connectivity index (χ3v) is 5.58. The van der Waals surface area contributed by atoms with Crippen LogP contribution in [0.5, 0.6) is 0 Å². The van der Waals surface area contributed by atoms with Crippen LogP contribution < -0.4 is 5.32 Å². The Morgan fingerprint density at radius 2 is 2.00 bits per heavy atom. The quantitative estimate of drug-likeness (QED) is 0.253. The van der Waals surface area contributed by atoms with Gasteiger partial charge in [0.05, 0.1) is 29.3 Å². The monoisotopic (exact) mass is 451 g/mol. The minimum absolute atomic E-state index is 0.0148. The summed E-state index contributed by atoms with van der Waals surface area (Å²) >= 11 is 5.57. The van der Waals surface area contributed by atoms with E-state index in [9.17, 15) is 14.9 Å². The van der Waals surface area contributed by atoms with Crippen LogP contribution in [-0.4, -0.2) is 43.6 Å². The maximum absolute atomic E-state index is 12.3. The fourth-order valence-electron chi connectivity index (χ4n) is 3.85. The molecule has 0 saturated carbocycles. The van der Waals surface area contributed by atoms with E-state index >= 15 is 0 Å². The molecule has 0 spiro atoms. The van der Waals surface area contributed by atoms with Crippen molar-refractivity contribution in [2.75, 3.05) is 13.2 Å². The molecule has 0 amide bonds. The highest BCUT2D eigenvalue weighted by atomic mass is 32.1. The maximum atomic E-state index is 12.3. The Balaban J connectivity index is 1.76.